The Bertz CT molecular complexity index is 3050. The van der Waals surface area contributed by atoms with Crippen LogP contribution in [0.4, 0.5) is 0 Å². The van der Waals surface area contributed by atoms with Crippen molar-refractivity contribution in [1.29, 1.82) is 0 Å². The SMILES string of the molecule is c1ccc(-c2cc(-c3ccccc3)c(-c3cc(-c4cccc5c4sc4ccccc45)nc(-c4cccc5c4oc4ccccc45)n3)c(-c3ccccc3)c2)cc1. The van der Waals surface area contributed by atoms with Gasteiger partial charge < -0.3 is 4.42 Å². The number of furan rings is 1. The number of benzene rings is 8. The zero-order chi connectivity index (χ0) is 37.0. The summed E-state index contributed by atoms with van der Waals surface area (Å²) in [6.07, 6.45) is 0. The van der Waals surface area contributed by atoms with Gasteiger partial charge in [-0.2, -0.15) is 0 Å². The maximum atomic E-state index is 6.61. The Morgan fingerprint density at radius 2 is 0.929 bits per heavy atom. The van der Waals surface area contributed by atoms with Crippen LogP contribution in [0.25, 0.3) is 109 Å². The van der Waals surface area contributed by atoms with Crippen LogP contribution in [0.1, 0.15) is 0 Å². The van der Waals surface area contributed by atoms with Gasteiger partial charge in [0.1, 0.15) is 11.2 Å². The van der Waals surface area contributed by atoms with Crippen LogP contribution in [-0.2, 0) is 0 Å². The smallest absolute Gasteiger partial charge is 0.164 e. The summed E-state index contributed by atoms with van der Waals surface area (Å²) in [5.41, 5.74) is 13.0. The molecule has 0 aliphatic heterocycles. The molecule has 0 aliphatic carbocycles. The standard InChI is InChI=1S/C52H32N2OS/c1-4-16-33(17-5-1)36-30-43(34-18-6-2-7-19-34)49(44(31-36)35-20-8-3-9-21-35)46-32-45(41-26-15-25-40-38-23-11-13-29-48(38)56-51(40)41)53-52(54-46)42-27-14-24-39-37-22-10-12-28-47(37)55-50(39)42/h1-32H. The third-order valence-electron chi connectivity index (χ3n) is 10.7. The van der Waals surface area contributed by atoms with Crippen LogP contribution >= 0.6 is 11.3 Å². The topological polar surface area (TPSA) is 38.9 Å². The van der Waals surface area contributed by atoms with Crippen LogP contribution in [0.15, 0.2) is 199 Å². The lowest BCUT2D eigenvalue weighted by Crippen LogP contribution is -2.00. The fraction of sp³-hybridized carbons (Fsp3) is 0. The number of hydrogen-bond donors (Lipinski definition) is 0. The molecule has 0 radical (unpaired) electrons. The Hall–Kier alpha value is -7.14. The molecule has 0 atom stereocenters. The van der Waals surface area contributed by atoms with Crippen LogP contribution in [-0.4, -0.2) is 9.97 Å². The van der Waals surface area contributed by atoms with Crippen molar-refractivity contribution in [1.82, 2.24) is 9.97 Å². The highest BCUT2D eigenvalue weighted by Gasteiger charge is 2.23. The predicted octanol–water partition coefficient (Wildman–Crippen LogP) is 14.7. The van der Waals surface area contributed by atoms with E-state index in [-0.39, 0.29) is 0 Å². The molecule has 0 bridgehead atoms. The molecular weight excluding hydrogens is 701 g/mol. The monoisotopic (exact) mass is 732 g/mol. The second-order valence-electron chi connectivity index (χ2n) is 14.1. The first-order valence-corrected chi connectivity index (χ1v) is 19.6. The molecule has 0 amide bonds. The molecule has 8 aromatic carbocycles. The number of hydrogen-bond acceptors (Lipinski definition) is 4. The Kier molecular flexibility index (Phi) is 7.68. The van der Waals surface area contributed by atoms with Crippen LogP contribution in [0.3, 0.4) is 0 Å². The van der Waals surface area contributed by atoms with Gasteiger partial charge in [0.25, 0.3) is 0 Å². The molecule has 0 unspecified atom stereocenters. The summed E-state index contributed by atoms with van der Waals surface area (Å²) >= 11 is 1.81. The van der Waals surface area contributed by atoms with Crippen molar-refractivity contribution in [2.45, 2.75) is 0 Å². The van der Waals surface area contributed by atoms with Gasteiger partial charge >= 0.3 is 0 Å². The van der Waals surface area contributed by atoms with Crippen LogP contribution < -0.4 is 0 Å². The molecule has 0 saturated heterocycles. The molecule has 0 saturated carbocycles. The fourth-order valence-corrected chi connectivity index (χ4v) is 9.34. The first kappa shape index (κ1) is 32.3. The molecule has 0 N–H and O–H groups in total. The van der Waals surface area contributed by atoms with Crippen LogP contribution in [0.5, 0.6) is 0 Å². The third-order valence-corrected chi connectivity index (χ3v) is 11.9. The highest BCUT2D eigenvalue weighted by Crippen LogP contribution is 2.46. The van der Waals surface area contributed by atoms with Crippen molar-refractivity contribution < 1.29 is 4.42 Å². The lowest BCUT2D eigenvalue weighted by Gasteiger charge is -2.19. The number of fused-ring (bicyclic) bond motifs is 6. The average Bonchev–Trinajstić information content (AvgIpc) is 3.85. The molecule has 262 valence electrons. The van der Waals surface area contributed by atoms with E-state index >= 15 is 0 Å². The van der Waals surface area contributed by atoms with E-state index in [1.807, 2.05) is 23.5 Å². The van der Waals surface area contributed by atoms with Gasteiger partial charge in [-0.05, 0) is 69.8 Å². The van der Waals surface area contributed by atoms with Gasteiger partial charge in [0, 0.05) is 42.1 Å². The van der Waals surface area contributed by atoms with E-state index in [0.717, 1.165) is 83.4 Å². The minimum atomic E-state index is 0.616. The van der Waals surface area contributed by atoms with E-state index in [2.05, 4.69) is 182 Å². The number of para-hydroxylation sites is 2. The molecular formula is C52H32N2OS. The van der Waals surface area contributed by atoms with Gasteiger partial charge in [0.15, 0.2) is 5.82 Å². The average molecular weight is 733 g/mol. The van der Waals surface area contributed by atoms with Gasteiger partial charge in [0.05, 0.1) is 17.0 Å². The zero-order valence-corrected chi connectivity index (χ0v) is 31.0. The molecule has 0 fully saturated rings. The summed E-state index contributed by atoms with van der Waals surface area (Å²) in [7, 11) is 0. The van der Waals surface area contributed by atoms with E-state index in [1.54, 1.807) is 0 Å². The van der Waals surface area contributed by atoms with Crippen molar-refractivity contribution in [3.63, 3.8) is 0 Å². The van der Waals surface area contributed by atoms with Crippen LogP contribution in [0, 0.1) is 0 Å². The second-order valence-corrected chi connectivity index (χ2v) is 15.1. The Morgan fingerprint density at radius 3 is 1.64 bits per heavy atom. The van der Waals surface area contributed by atoms with Crippen LogP contribution in [0.2, 0.25) is 0 Å². The highest BCUT2D eigenvalue weighted by molar-refractivity contribution is 7.26. The molecule has 3 heterocycles. The van der Waals surface area contributed by atoms with Crippen molar-refractivity contribution in [3.8, 4) is 67.3 Å². The van der Waals surface area contributed by atoms with Gasteiger partial charge in [0.2, 0.25) is 0 Å². The summed E-state index contributed by atoms with van der Waals surface area (Å²) in [6, 6.07) is 68.5. The van der Waals surface area contributed by atoms with E-state index in [9.17, 15) is 0 Å². The molecule has 0 spiro atoms. The molecule has 56 heavy (non-hydrogen) atoms. The number of aromatic nitrogens is 2. The Balaban J connectivity index is 1.26. The summed E-state index contributed by atoms with van der Waals surface area (Å²) in [4.78, 5) is 11.0. The van der Waals surface area contributed by atoms with E-state index in [0.29, 0.717) is 5.82 Å². The molecule has 11 rings (SSSR count). The molecule has 4 heteroatoms. The van der Waals surface area contributed by atoms with Gasteiger partial charge in [-0.1, -0.05) is 158 Å². The summed E-state index contributed by atoms with van der Waals surface area (Å²) < 4.78 is 9.07. The minimum absolute atomic E-state index is 0.616. The fourth-order valence-electron chi connectivity index (χ4n) is 8.11. The number of rotatable bonds is 6. The summed E-state index contributed by atoms with van der Waals surface area (Å²) in [5, 5.41) is 4.60. The van der Waals surface area contributed by atoms with E-state index in [4.69, 9.17) is 14.4 Å². The van der Waals surface area contributed by atoms with Crippen molar-refractivity contribution in [2.75, 3.05) is 0 Å². The molecule has 0 aliphatic rings. The van der Waals surface area contributed by atoms with Gasteiger partial charge in [-0.3, -0.25) is 0 Å². The Labute approximate surface area is 327 Å². The van der Waals surface area contributed by atoms with Crippen molar-refractivity contribution in [3.05, 3.63) is 194 Å². The number of nitrogens with zero attached hydrogens (tertiary/aromatic N) is 2. The Morgan fingerprint density at radius 1 is 0.375 bits per heavy atom. The van der Waals surface area contributed by atoms with Crippen molar-refractivity contribution >= 4 is 53.4 Å². The maximum absolute atomic E-state index is 6.61. The zero-order valence-electron chi connectivity index (χ0n) is 30.2. The minimum Gasteiger partial charge on any atom is -0.455 e. The maximum Gasteiger partial charge on any atom is 0.164 e. The molecule has 3 aromatic heterocycles. The third kappa shape index (κ3) is 5.42. The second kappa shape index (κ2) is 13.3. The lowest BCUT2D eigenvalue weighted by molar-refractivity contribution is 0.669. The quantitative estimate of drug-likeness (QED) is 0.171. The highest BCUT2D eigenvalue weighted by atomic mass is 32.1. The normalized spacial score (nSPS) is 11.6. The van der Waals surface area contributed by atoms with Gasteiger partial charge in [-0.15, -0.1) is 11.3 Å². The van der Waals surface area contributed by atoms with E-state index < -0.39 is 0 Å². The summed E-state index contributed by atoms with van der Waals surface area (Å²) in [6.45, 7) is 0. The molecule has 11 aromatic rings. The predicted molar refractivity (Wildman–Crippen MR) is 235 cm³/mol. The van der Waals surface area contributed by atoms with E-state index in [1.165, 1.54) is 20.2 Å². The van der Waals surface area contributed by atoms with Crippen molar-refractivity contribution in [2.24, 2.45) is 0 Å². The largest absolute Gasteiger partial charge is 0.455 e. The summed E-state index contributed by atoms with van der Waals surface area (Å²) in [5.74, 6) is 0.616. The van der Waals surface area contributed by atoms with Gasteiger partial charge in [-0.25, -0.2) is 9.97 Å². The first-order valence-electron chi connectivity index (χ1n) is 18.8. The first-order chi connectivity index (χ1) is 27.8. The molecule has 3 nitrogen and oxygen atoms in total. The number of thiophene rings is 1. The lowest BCUT2D eigenvalue weighted by atomic mass is 9.86.